The summed E-state index contributed by atoms with van der Waals surface area (Å²) in [6, 6.07) is 6.08. The van der Waals surface area contributed by atoms with E-state index in [0.29, 0.717) is 19.1 Å². The Balaban J connectivity index is 1.78. The van der Waals surface area contributed by atoms with Crippen LogP contribution in [0.5, 0.6) is 11.5 Å². The van der Waals surface area contributed by atoms with Crippen molar-refractivity contribution in [1.29, 1.82) is 0 Å². The van der Waals surface area contributed by atoms with E-state index in [4.69, 9.17) is 18.6 Å². The molecule has 0 spiro atoms. The Bertz CT molecular complexity index is 635. The van der Waals surface area contributed by atoms with Crippen molar-refractivity contribution in [3.8, 4) is 11.5 Å². The van der Waals surface area contributed by atoms with E-state index in [-0.39, 0.29) is 23.9 Å². The van der Waals surface area contributed by atoms with E-state index < -0.39 is 8.32 Å². The minimum atomic E-state index is -1.80. The second-order valence-electron chi connectivity index (χ2n) is 8.50. The lowest BCUT2D eigenvalue weighted by molar-refractivity contribution is 0.0735. The maximum Gasteiger partial charge on any atom is 0.231 e. The minimum Gasteiger partial charge on any atom is -0.454 e. The number of ether oxygens (including phenoxy) is 3. The van der Waals surface area contributed by atoms with Gasteiger partial charge in [0.25, 0.3) is 0 Å². The Morgan fingerprint density at radius 1 is 1.24 bits per heavy atom. The zero-order chi connectivity index (χ0) is 18.2. The van der Waals surface area contributed by atoms with Gasteiger partial charge in [0.05, 0.1) is 12.7 Å². The van der Waals surface area contributed by atoms with Crippen LogP contribution in [0.2, 0.25) is 18.1 Å². The molecule has 0 aromatic heterocycles. The molecule has 0 saturated carbocycles. The predicted octanol–water partition coefficient (Wildman–Crippen LogP) is 4.93. The summed E-state index contributed by atoms with van der Waals surface area (Å²) in [7, 11) is -1.80. The van der Waals surface area contributed by atoms with E-state index >= 15 is 0 Å². The average Bonchev–Trinajstić information content (AvgIpc) is 3.17. The molecule has 2 heterocycles. The number of fused-ring (bicyclic) bond motifs is 1. The van der Waals surface area contributed by atoms with Crippen molar-refractivity contribution in [3.63, 3.8) is 0 Å². The molecule has 2 aliphatic heterocycles. The first-order chi connectivity index (χ1) is 11.7. The summed E-state index contributed by atoms with van der Waals surface area (Å²) in [5.41, 5.74) is 1.12. The van der Waals surface area contributed by atoms with Gasteiger partial charge in [-0.2, -0.15) is 0 Å². The fraction of sp³-hybridized carbons (Fsp3) is 0.600. The van der Waals surface area contributed by atoms with Crippen LogP contribution in [0, 0.1) is 11.8 Å². The normalized spacial score (nSPS) is 26.0. The molecule has 0 amide bonds. The molecule has 4 nitrogen and oxygen atoms in total. The molecule has 3 rings (SSSR count). The Morgan fingerprint density at radius 3 is 2.64 bits per heavy atom. The van der Waals surface area contributed by atoms with Crippen molar-refractivity contribution in [2.75, 3.05) is 20.0 Å². The zero-order valence-electron chi connectivity index (χ0n) is 16.0. The van der Waals surface area contributed by atoms with Gasteiger partial charge in [0.2, 0.25) is 6.79 Å². The molecule has 0 radical (unpaired) electrons. The van der Waals surface area contributed by atoms with Gasteiger partial charge in [-0.05, 0) is 35.8 Å². The van der Waals surface area contributed by atoms with Crippen LogP contribution in [-0.4, -0.2) is 28.3 Å². The lowest BCUT2D eigenvalue weighted by Crippen LogP contribution is -2.42. The minimum absolute atomic E-state index is 0.00210. The van der Waals surface area contributed by atoms with Crippen molar-refractivity contribution in [2.45, 2.75) is 45.0 Å². The third-order valence-corrected chi connectivity index (χ3v) is 10.4. The van der Waals surface area contributed by atoms with E-state index in [1.165, 1.54) is 0 Å². The molecular formula is C20H30O4Si. The van der Waals surface area contributed by atoms with Gasteiger partial charge in [-0.15, -0.1) is 6.58 Å². The molecule has 0 N–H and O–H groups in total. The van der Waals surface area contributed by atoms with Gasteiger partial charge in [0.1, 0.15) is 0 Å². The van der Waals surface area contributed by atoms with Crippen molar-refractivity contribution in [2.24, 2.45) is 11.8 Å². The van der Waals surface area contributed by atoms with Crippen molar-refractivity contribution in [3.05, 3.63) is 36.4 Å². The van der Waals surface area contributed by atoms with Crippen LogP contribution < -0.4 is 9.47 Å². The van der Waals surface area contributed by atoms with Crippen LogP contribution in [0.4, 0.5) is 0 Å². The number of benzene rings is 1. The van der Waals surface area contributed by atoms with Crippen molar-refractivity contribution >= 4 is 8.32 Å². The van der Waals surface area contributed by atoms with Crippen LogP contribution in [0.15, 0.2) is 30.9 Å². The predicted molar refractivity (Wildman–Crippen MR) is 102 cm³/mol. The number of rotatable bonds is 5. The van der Waals surface area contributed by atoms with Crippen molar-refractivity contribution in [1.82, 2.24) is 0 Å². The lowest BCUT2D eigenvalue weighted by atomic mass is 9.88. The highest BCUT2D eigenvalue weighted by atomic mass is 28.4. The molecule has 3 atom stereocenters. The molecule has 0 aliphatic carbocycles. The fourth-order valence-electron chi connectivity index (χ4n) is 3.09. The Morgan fingerprint density at radius 2 is 1.96 bits per heavy atom. The van der Waals surface area contributed by atoms with E-state index in [9.17, 15) is 0 Å². The Kier molecular flexibility index (Phi) is 5.01. The molecule has 138 valence electrons. The first kappa shape index (κ1) is 18.5. The summed E-state index contributed by atoms with van der Waals surface area (Å²) < 4.78 is 23.6. The zero-order valence-corrected chi connectivity index (χ0v) is 17.0. The molecule has 1 aromatic carbocycles. The molecule has 5 heteroatoms. The van der Waals surface area contributed by atoms with Crippen LogP contribution in [0.25, 0.3) is 0 Å². The molecule has 1 saturated heterocycles. The van der Waals surface area contributed by atoms with Crippen LogP contribution in [-0.2, 0) is 9.16 Å². The summed E-state index contributed by atoms with van der Waals surface area (Å²) in [5.74, 6) is 2.18. The summed E-state index contributed by atoms with van der Waals surface area (Å²) in [4.78, 5) is 0. The molecule has 2 aliphatic rings. The van der Waals surface area contributed by atoms with E-state index in [1.54, 1.807) is 0 Å². The SMILES string of the molecule is C=C[C@H]1CO[C@@H](c2ccc3c(c2)OCO3)[C@@H]1CO[Si](C)(C)C(C)(C)C. The van der Waals surface area contributed by atoms with E-state index in [0.717, 1.165) is 17.1 Å². The molecule has 25 heavy (non-hydrogen) atoms. The lowest BCUT2D eigenvalue weighted by Gasteiger charge is -2.37. The second-order valence-corrected chi connectivity index (χ2v) is 13.3. The molecule has 0 bridgehead atoms. The first-order valence-electron chi connectivity index (χ1n) is 9.00. The second kappa shape index (κ2) is 6.78. The highest BCUT2D eigenvalue weighted by Gasteiger charge is 2.42. The van der Waals surface area contributed by atoms with Gasteiger partial charge in [-0.3, -0.25) is 0 Å². The smallest absolute Gasteiger partial charge is 0.231 e. The quantitative estimate of drug-likeness (QED) is 0.550. The summed E-state index contributed by atoms with van der Waals surface area (Å²) in [5, 5.41) is 0.199. The molecule has 1 fully saturated rings. The fourth-order valence-corrected chi connectivity index (χ4v) is 4.14. The van der Waals surface area contributed by atoms with Gasteiger partial charge in [0, 0.05) is 18.4 Å². The Labute approximate surface area is 152 Å². The first-order valence-corrected chi connectivity index (χ1v) is 11.9. The van der Waals surface area contributed by atoms with E-state index in [2.05, 4.69) is 46.5 Å². The summed E-state index contributed by atoms with van der Waals surface area (Å²) >= 11 is 0. The largest absolute Gasteiger partial charge is 0.454 e. The summed E-state index contributed by atoms with van der Waals surface area (Å²) in [6.45, 7) is 17.1. The monoisotopic (exact) mass is 362 g/mol. The number of hydrogen-bond donors (Lipinski definition) is 0. The standard InChI is InChI=1S/C20H30O4Si/c1-7-14-11-21-19(15-8-9-17-18(10-15)23-13-22-17)16(14)12-24-25(5,6)20(2,3)4/h7-10,14,16,19H,1,11-13H2,2-6H3/t14-,16+,19-/m0/s1. The van der Waals surface area contributed by atoms with E-state index in [1.807, 2.05) is 18.2 Å². The maximum absolute atomic E-state index is 6.51. The van der Waals surface area contributed by atoms with Crippen LogP contribution in [0.3, 0.4) is 0 Å². The van der Waals surface area contributed by atoms with Gasteiger partial charge in [-0.1, -0.05) is 32.9 Å². The van der Waals surface area contributed by atoms with Gasteiger partial charge in [-0.25, -0.2) is 0 Å². The average molecular weight is 363 g/mol. The topological polar surface area (TPSA) is 36.9 Å². The highest BCUT2D eigenvalue weighted by molar-refractivity contribution is 6.74. The Hall–Kier alpha value is -1.30. The molecule has 0 unspecified atom stereocenters. The highest BCUT2D eigenvalue weighted by Crippen LogP contribution is 2.44. The van der Waals surface area contributed by atoms with Crippen LogP contribution >= 0.6 is 0 Å². The van der Waals surface area contributed by atoms with Crippen LogP contribution in [0.1, 0.15) is 32.4 Å². The third kappa shape index (κ3) is 3.64. The molecular weight excluding hydrogens is 332 g/mol. The number of hydrogen-bond acceptors (Lipinski definition) is 4. The maximum atomic E-state index is 6.51. The van der Waals surface area contributed by atoms with Gasteiger partial charge >= 0.3 is 0 Å². The van der Waals surface area contributed by atoms with Gasteiger partial charge in [0.15, 0.2) is 19.8 Å². The van der Waals surface area contributed by atoms with Gasteiger partial charge < -0.3 is 18.6 Å². The molecule has 1 aromatic rings. The third-order valence-electron chi connectivity index (χ3n) is 5.88. The van der Waals surface area contributed by atoms with Crippen molar-refractivity contribution < 1.29 is 18.6 Å². The summed E-state index contributed by atoms with van der Waals surface area (Å²) in [6.07, 6.45) is 2.01.